The average molecular weight is 240 g/mol. The number of carbonyl (C=O) groups is 1. The smallest absolute Gasteiger partial charge is 0.274 e. The first-order chi connectivity index (χ1) is 8.10. The summed E-state index contributed by atoms with van der Waals surface area (Å²) in [6.07, 6.45) is 1.72. The highest BCUT2D eigenvalue weighted by molar-refractivity contribution is 5.97. The van der Waals surface area contributed by atoms with E-state index in [2.05, 4.69) is 15.5 Å². The second-order valence-electron chi connectivity index (χ2n) is 3.97. The number of carbonyl (C=O) groups excluding carboxylic acids is 1. The van der Waals surface area contributed by atoms with Gasteiger partial charge in [0.1, 0.15) is 0 Å². The van der Waals surface area contributed by atoms with Gasteiger partial charge in [-0.3, -0.25) is 9.89 Å². The summed E-state index contributed by atoms with van der Waals surface area (Å²) in [5.74, 6) is -0.353. The first-order valence-electron chi connectivity index (χ1n) is 5.89. The first kappa shape index (κ1) is 13.5. The first-order valence-corrected chi connectivity index (χ1v) is 5.89. The number of aryl methyl sites for hydroxylation is 1. The van der Waals surface area contributed by atoms with Crippen molar-refractivity contribution in [3.05, 3.63) is 11.4 Å². The van der Waals surface area contributed by atoms with E-state index in [1.54, 1.807) is 0 Å². The number of amides is 1. The van der Waals surface area contributed by atoms with Crippen molar-refractivity contribution in [2.75, 3.05) is 12.3 Å². The van der Waals surface area contributed by atoms with E-state index in [0.717, 1.165) is 12.1 Å². The molecular formula is C11H20N4O2. The highest BCUT2D eigenvalue weighted by Crippen LogP contribution is 2.13. The van der Waals surface area contributed by atoms with Gasteiger partial charge in [-0.25, -0.2) is 0 Å². The quantitative estimate of drug-likeness (QED) is 0.579. The van der Waals surface area contributed by atoms with Crippen molar-refractivity contribution >= 4 is 11.6 Å². The number of H-pyrrole nitrogens is 1. The van der Waals surface area contributed by atoms with Crippen molar-refractivity contribution in [2.24, 2.45) is 0 Å². The van der Waals surface area contributed by atoms with Crippen LogP contribution >= 0.6 is 0 Å². The number of nitrogen functional groups attached to an aromatic ring is 1. The summed E-state index contributed by atoms with van der Waals surface area (Å²) in [5, 5.41) is 18.7. The number of hydrogen-bond acceptors (Lipinski definition) is 4. The number of rotatable bonds is 6. The minimum atomic E-state index is -0.519. The van der Waals surface area contributed by atoms with Gasteiger partial charge in [0.25, 0.3) is 5.91 Å². The summed E-state index contributed by atoms with van der Waals surface area (Å²) >= 11 is 0. The fourth-order valence-electron chi connectivity index (χ4n) is 1.56. The maximum absolute atomic E-state index is 11.7. The van der Waals surface area contributed by atoms with Crippen molar-refractivity contribution < 1.29 is 9.90 Å². The van der Waals surface area contributed by atoms with E-state index in [-0.39, 0.29) is 18.1 Å². The Hall–Kier alpha value is -1.56. The zero-order chi connectivity index (χ0) is 12.8. The zero-order valence-electron chi connectivity index (χ0n) is 10.3. The highest BCUT2D eigenvalue weighted by atomic mass is 16.3. The molecule has 1 aromatic heterocycles. The fourth-order valence-corrected chi connectivity index (χ4v) is 1.56. The number of aromatic amines is 1. The topological polar surface area (TPSA) is 104 Å². The minimum Gasteiger partial charge on any atom is -0.395 e. The van der Waals surface area contributed by atoms with Crippen LogP contribution < -0.4 is 11.1 Å². The molecule has 96 valence electrons. The van der Waals surface area contributed by atoms with Gasteiger partial charge < -0.3 is 16.2 Å². The molecule has 17 heavy (non-hydrogen) atoms. The standard InChI is InChI=1S/C11H20N4O2/c1-3-5-7(16)6-13-11(17)10-9(12)8(4-2)14-15-10/h7,16H,3-6,12H2,1-2H3,(H,13,17)(H,14,15). The van der Waals surface area contributed by atoms with Gasteiger partial charge in [0.2, 0.25) is 0 Å². The Balaban J connectivity index is 2.55. The van der Waals surface area contributed by atoms with Gasteiger partial charge in [0.05, 0.1) is 17.5 Å². The van der Waals surface area contributed by atoms with Crippen LogP contribution in [0, 0.1) is 0 Å². The van der Waals surface area contributed by atoms with E-state index in [0.29, 0.717) is 18.5 Å². The summed E-state index contributed by atoms with van der Waals surface area (Å²) in [6, 6.07) is 0. The molecule has 0 aliphatic carbocycles. The van der Waals surface area contributed by atoms with Crippen molar-refractivity contribution in [1.29, 1.82) is 0 Å². The van der Waals surface area contributed by atoms with Gasteiger partial charge in [-0.1, -0.05) is 20.3 Å². The molecule has 0 saturated carbocycles. The lowest BCUT2D eigenvalue weighted by Gasteiger charge is -2.09. The van der Waals surface area contributed by atoms with Crippen LogP contribution in [-0.4, -0.2) is 33.9 Å². The average Bonchev–Trinajstić information content (AvgIpc) is 2.68. The SMILES string of the molecule is CCCC(O)CNC(=O)c1n[nH]c(CC)c1N. The number of nitrogens with one attached hydrogen (secondary N) is 2. The third-order valence-electron chi connectivity index (χ3n) is 2.57. The van der Waals surface area contributed by atoms with Gasteiger partial charge in [-0.05, 0) is 12.8 Å². The van der Waals surface area contributed by atoms with Crippen LogP contribution in [0.4, 0.5) is 5.69 Å². The third kappa shape index (κ3) is 3.45. The van der Waals surface area contributed by atoms with Crippen LogP contribution in [0.25, 0.3) is 0 Å². The van der Waals surface area contributed by atoms with Crippen LogP contribution in [0.3, 0.4) is 0 Å². The number of hydrogen-bond donors (Lipinski definition) is 4. The molecule has 1 unspecified atom stereocenters. The third-order valence-corrected chi connectivity index (χ3v) is 2.57. The van der Waals surface area contributed by atoms with Gasteiger partial charge >= 0.3 is 0 Å². The minimum absolute atomic E-state index is 0.200. The number of aromatic nitrogens is 2. The summed E-state index contributed by atoms with van der Waals surface area (Å²) in [6.45, 7) is 4.13. The molecule has 0 aliphatic heterocycles. The number of nitrogens with two attached hydrogens (primary N) is 1. The highest BCUT2D eigenvalue weighted by Gasteiger charge is 2.16. The van der Waals surface area contributed by atoms with Crippen LogP contribution in [-0.2, 0) is 6.42 Å². The van der Waals surface area contributed by atoms with E-state index < -0.39 is 6.10 Å². The van der Waals surface area contributed by atoms with E-state index in [1.165, 1.54) is 0 Å². The number of anilines is 1. The van der Waals surface area contributed by atoms with Gasteiger partial charge in [0.15, 0.2) is 5.69 Å². The Morgan fingerprint density at radius 1 is 1.59 bits per heavy atom. The summed E-state index contributed by atoms with van der Waals surface area (Å²) < 4.78 is 0. The Morgan fingerprint density at radius 2 is 2.29 bits per heavy atom. The largest absolute Gasteiger partial charge is 0.395 e. The fraction of sp³-hybridized carbons (Fsp3) is 0.636. The van der Waals surface area contributed by atoms with Gasteiger partial charge in [-0.15, -0.1) is 0 Å². The molecule has 1 rings (SSSR count). The summed E-state index contributed by atoms with van der Waals surface area (Å²) in [4.78, 5) is 11.7. The van der Waals surface area contributed by atoms with Crippen LogP contribution in [0.5, 0.6) is 0 Å². The number of nitrogens with zero attached hydrogens (tertiary/aromatic N) is 1. The monoisotopic (exact) mass is 240 g/mol. The molecule has 1 atom stereocenters. The van der Waals surface area contributed by atoms with Crippen molar-refractivity contribution in [3.8, 4) is 0 Å². The van der Waals surface area contributed by atoms with E-state index in [1.807, 2.05) is 13.8 Å². The molecule has 0 aromatic carbocycles. The number of aliphatic hydroxyl groups excluding tert-OH is 1. The Kier molecular flexibility index (Phi) is 4.96. The maximum atomic E-state index is 11.7. The number of aliphatic hydroxyl groups is 1. The molecule has 5 N–H and O–H groups in total. The van der Waals surface area contributed by atoms with Gasteiger partial charge in [-0.2, -0.15) is 5.10 Å². The molecule has 0 spiro atoms. The second-order valence-corrected chi connectivity index (χ2v) is 3.97. The molecule has 0 bridgehead atoms. The Labute approximate surface area is 101 Å². The molecule has 0 radical (unpaired) electrons. The predicted molar refractivity (Wildman–Crippen MR) is 65.6 cm³/mol. The molecule has 1 heterocycles. The van der Waals surface area contributed by atoms with Crippen molar-refractivity contribution in [2.45, 2.75) is 39.2 Å². The predicted octanol–water partition coefficient (Wildman–Crippen LogP) is 0.445. The molecule has 0 aliphatic rings. The van der Waals surface area contributed by atoms with E-state index >= 15 is 0 Å². The molecule has 1 aromatic rings. The molecular weight excluding hydrogens is 220 g/mol. The summed E-state index contributed by atoms with van der Waals surface area (Å²) in [7, 11) is 0. The lowest BCUT2D eigenvalue weighted by atomic mass is 10.2. The van der Waals surface area contributed by atoms with E-state index in [9.17, 15) is 9.90 Å². The zero-order valence-corrected chi connectivity index (χ0v) is 10.3. The summed E-state index contributed by atoms with van der Waals surface area (Å²) in [5.41, 5.74) is 7.10. The van der Waals surface area contributed by atoms with Crippen molar-refractivity contribution in [1.82, 2.24) is 15.5 Å². The van der Waals surface area contributed by atoms with Crippen LogP contribution in [0.1, 0.15) is 42.9 Å². The second kappa shape index (κ2) is 6.24. The lowest BCUT2D eigenvalue weighted by Crippen LogP contribution is -2.32. The van der Waals surface area contributed by atoms with Crippen LogP contribution in [0.15, 0.2) is 0 Å². The lowest BCUT2D eigenvalue weighted by molar-refractivity contribution is 0.0906. The Bertz CT molecular complexity index is 376. The molecule has 0 saturated heterocycles. The normalized spacial score (nSPS) is 12.4. The molecule has 1 amide bonds. The molecule has 6 heteroatoms. The maximum Gasteiger partial charge on any atom is 0.274 e. The van der Waals surface area contributed by atoms with Gasteiger partial charge in [0, 0.05) is 6.54 Å². The van der Waals surface area contributed by atoms with Crippen molar-refractivity contribution in [3.63, 3.8) is 0 Å². The Morgan fingerprint density at radius 3 is 2.82 bits per heavy atom. The molecule has 6 nitrogen and oxygen atoms in total. The van der Waals surface area contributed by atoms with Crippen LogP contribution in [0.2, 0.25) is 0 Å². The van der Waals surface area contributed by atoms with E-state index in [4.69, 9.17) is 5.73 Å². The molecule has 0 fully saturated rings.